The Kier molecular flexibility index (Phi) is 7.36. The molecule has 1 saturated heterocycles. The van der Waals surface area contributed by atoms with E-state index in [1.54, 1.807) is 12.4 Å². The molecule has 0 spiro atoms. The number of aliphatic hydroxyl groups is 1. The molecule has 11 nitrogen and oxygen atoms in total. The Hall–Kier alpha value is -4.68. The maximum Gasteiger partial charge on any atom is 0.355 e. The number of aliphatic hydroxyl groups excluding tert-OH is 1. The molecule has 0 bridgehead atoms. The highest BCUT2D eigenvalue weighted by Crippen LogP contribution is 2.44. The van der Waals surface area contributed by atoms with Crippen molar-refractivity contribution in [2.45, 2.75) is 65.3 Å². The monoisotopic (exact) mass is 624 g/mol. The number of anilines is 1. The van der Waals surface area contributed by atoms with Gasteiger partial charge in [0, 0.05) is 48.7 Å². The summed E-state index contributed by atoms with van der Waals surface area (Å²) >= 11 is 0. The lowest BCUT2D eigenvalue weighted by Crippen LogP contribution is -2.61. The van der Waals surface area contributed by atoms with Crippen molar-refractivity contribution in [1.29, 1.82) is 0 Å². The molecule has 1 aromatic carbocycles. The highest BCUT2D eigenvalue weighted by Gasteiger charge is 2.39. The van der Waals surface area contributed by atoms with Gasteiger partial charge in [0.2, 0.25) is 0 Å². The number of hydrogen-bond acceptors (Lipinski definition) is 9. The number of nitrogens with zero attached hydrogens (tertiary/aromatic N) is 7. The first-order chi connectivity index (χ1) is 22.1. The highest BCUT2D eigenvalue weighted by molar-refractivity contribution is 6.00. The van der Waals surface area contributed by atoms with Gasteiger partial charge < -0.3 is 14.7 Å². The quantitative estimate of drug-likeness (QED) is 0.266. The van der Waals surface area contributed by atoms with E-state index in [-0.39, 0.29) is 41.7 Å². The summed E-state index contributed by atoms with van der Waals surface area (Å²) in [5.41, 5.74) is 3.93. The summed E-state index contributed by atoms with van der Waals surface area (Å²) in [4.78, 5) is 32.8. The van der Waals surface area contributed by atoms with Gasteiger partial charge in [0.05, 0.1) is 29.7 Å². The summed E-state index contributed by atoms with van der Waals surface area (Å²) in [7, 11) is 0. The summed E-state index contributed by atoms with van der Waals surface area (Å²) in [6.07, 6.45) is 4.58. The Morgan fingerprint density at radius 1 is 1.17 bits per heavy atom. The van der Waals surface area contributed by atoms with E-state index in [0.717, 1.165) is 16.6 Å². The predicted octanol–water partition coefficient (Wildman–Crippen LogP) is 4.76. The van der Waals surface area contributed by atoms with Crippen molar-refractivity contribution < 1.29 is 14.2 Å². The van der Waals surface area contributed by atoms with Crippen LogP contribution >= 0.6 is 0 Å². The molecule has 3 atom stereocenters. The van der Waals surface area contributed by atoms with Crippen LogP contribution in [-0.4, -0.2) is 77.7 Å². The number of piperazine rings is 1. The number of aromatic nitrogens is 6. The number of pyridine rings is 2. The van der Waals surface area contributed by atoms with E-state index in [1.807, 2.05) is 57.7 Å². The van der Waals surface area contributed by atoms with Gasteiger partial charge in [-0.1, -0.05) is 26.5 Å². The van der Waals surface area contributed by atoms with E-state index in [9.17, 15) is 9.90 Å². The smallest absolute Gasteiger partial charge is 0.355 e. The third-order valence-electron chi connectivity index (χ3n) is 9.24. The molecule has 5 aromatic rings. The normalized spacial score (nSPS) is 19.2. The molecule has 46 heavy (non-hydrogen) atoms. The average molecular weight is 625 g/mol. The lowest BCUT2D eigenvalue weighted by atomic mass is 9.98. The minimum atomic E-state index is -0.817. The van der Waals surface area contributed by atoms with Gasteiger partial charge in [-0.15, -0.1) is 0 Å². The minimum Gasteiger partial charge on any atom is -0.489 e. The first-order valence-corrected chi connectivity index (χ1v) is 15.6. The number of ether oxygens (including phenoxy) is 1. The van der Waals surface area contributed by atoms with Crippen LogP contribution in [-0.2, 0) is 0 Å². The fraction of sp³-hybridized carbons (Fsp3) is 0.382. The molecule has 0 radical (unpaired) electrons. The predicted molar refractivity (Wildman–Crippen MR) is 175 cm³/mol. The van der Waals surface area contributed by atoms with Crippen molar-refractivity contribution in [2.75, 3.05) is 24.6 Å². The van der Waals surface area contributed by atoms with Gasteiger partial charge in [0.1, 0.15) is 23.1 Å². The van der Waals surface area contributed by atoms with E-state index >= 15 is 4.39 Å². The SMILES string of the molecule is C=CC(O)N1CC(C)N2c3nc(=O)n(-c4c(C)ccnc4C(C)C)c4nc(-c5c(C)ccc6[nH]ncc56)c(F)c(c34)OCCC2C1. The first-order valence-electron chi connectivity index (χ1n) is 15.6. The van der Waals surface area contributed by atoms with Crippen LogP contribution in [0.2, 0.25) is 0 Å². The Balaban J connectivity index is 1.60. The maximum atomic E-state index is 17.1. The van der Waals surface area contributed by atoms with Gasteiger partial charge in [0.15, 0.2) is 17.2 Å². The standard InChI is InChI=1S/C34H37FN8O3/c1-7-24(44)41-15-20(6)42-21(16-41)11-13-46-31-26-32(38-29(27(31)35)25-18(4)8-9-23-22(25)14-37-40-23)43(34(45)39-33(26)42)30-19(5)10-12-36-28(30)17(2)3/h7-10,12,14,17,20-21,24,44H,1,11,13,15-16H2,2-6H3,(H,37,40). The average Bonchev–Trinajstić information content (AvgIpc) is 3.49. The second-order valence-electron chi connectivity index (χ2n) is 12.6. The number of hydrogen-bond donors (Lipinski definition) is 2. The van der Waals surface area contributed by atoms with Crippen LogP contribution < -0.4 is 15.3 Å². The van der Waals surface area contributed by atoms with Crippen LogP contribution in [0.25, 0.3) is 38.9 Å². The number of halogens is 1. The highest BCUT2D eigenvalue weighted by atomic mass is 19.1. The van der Waals surface area contributed by atoms with Crippen LogP contribution in [0, 0.1) is 19.7 Å². The number of H-pyrrole nitrogens is 1. The number of aryl methyl sites for hydroxylation is 2. The zero-order chi connectivity index (χ0) is 32.4. The molecule has 0 saturated carbocycles. The summed E-state index contributed by atoms with van der Waals surface area (Å²) in [5, 5.41) is 18.8. The van der Waals surface area contributed by atoms with Gasteiger partial charge in [-0.2, -0.15) is 10.1 Å². The molecule has 2 aliphatic rings. The molecule has 0 amide bonds. The molecular weight excluding hydrogens is 587 g/mol. The maximum absolute atomic E-state index is 17.1. The summed E-state index contributed by atoms with van der Waals surface area (Å²) in [6.45, 7) is 14.8. The van der Waals surface area contributed by atoms with Crippen LogP contribution in [0.4, 0.5) is 10.2 Å². The van der Waals surface area contributed by atoms with E-state index in [0.29, 0.717) is 53.0 Å². The Labute approximate surface area is 265 Å². The number of fused-ring (bicyclic) bond motifs is 3. The van der Waals surface area contributed by atoms with Crippen LogP contribution in [0.3, 0.4) is 0 Å². The van der Waals surface area contributed by atoms with Crippen molar-refractivity contribution in [3.05, 3.63) is 76.4 Å². The fourth-order valence-corrected chi connectivity index (χ4v) is 7.09. The van der Waals surface area contributed by atoms with Gasteiger partial charge in [-0.3, -0.25) is 15.0 Å². The van der Waals surface area contributed by atoms with Crippen molar-refractivity contribution >= 4 is 27.8 Å². The largest absolute Gasteiger partial charge is 0.489 e. The van der Waals surface area contributed by atoms with Gasteiger partial charge in [-0.25, -0.2) is 18.7 Å². The molecule has 238 valence electrons. The van der Waals surface area contributed by atoms with E-state index in [2.05, 4.69) is 31.6 Å². The minimum absolute atomic E-state index is 0.00277. The van der Waals surface area contributed by atoms with E-state index in [4.69, 9.17) is 9.72 Å². The van der Waals surface area contributed by atoms with Crippen LogP contribution in [0.1, 0.15) is 49.9 Å². The van der Waals surface area contributed by atoms with Crippen LogP contribution in [0.15, 0.2) is 48.0 Å². The second kappa shape index (κ2) is 11.3. The first kappa shape index (κ1) is 30.0. The molecular formula is C34H37FN8O3. The number of aromatic amines is 1. The third kappa shape index (κ3) is 4.58. The molecule has 2 N–H and O–H groups in total. The van der Waals surface area contributed by atoms with Crippen molar-refractivity contribution in [2.24, 2.45) is 0 Å². The summed E-state index contributed by atoms with van der Waals surface area (Å²) in [5.74, 6) is -0.332. The number of rotatable bonds is 5. The van der Waals surface area contributed by atoms with E-state index in [1.165, 1.54) is 10.6 Å². The second-order valence-corrected chi connectivity index (χ2v) is 12.6. The Morgan fingerprint density at radius 3 is 2.74 bits per heavy atom. The lowest BCUT2D eigenvalue weighted by molar-refractivity contribution is 0.0161. The van der Waals surface area contributed by atoms with Gasteiger partial charge in [-0.05, 0) is 56.0 Å². The van der Waals surface area contributed by atoms with Crippen molar-refractivity contribution in [3.63, 3.8) is 0 Å². The number of benzene rings is 1. The van der Waals surface area contributed by atoms with Crippen molar-refractivity contribution in [3.8, 4) is 22.7 Å². The topological polar surface area (TPSA) is 125 Å². The number of nitrogens with one attached hydrogen (secondary N) is 1. The van der Waals surface area contributed by atoms with Crippen molar-refractivity contribution in [1.82, 2.24) is 34.6 Å². The fourth-order valence-electron chi connectivity index (χ4n) is 7.09. The molecule has 4 aromatic heterocycles. The zero-order valence-corrected chi connectivity index (χ0v) is 26.6. The molecule has 3 unspecified atom stereocenters. The Morgan fingerprint density at radius 2 is 1.98 bits per heavy atom. The lowest BCUT2D eigenvalue weighted by Gasteiger charge is -2.48. The molecule has 6 heterocycles. The Bertz CT molecular complexity index is 2070. The van der Waals surface area contributed by atoms with Crippen LogP contribution in [0.5, 0.6) is 5.75 Å². The van der Waals surface area contributed by atoms with Gasteiger partial charge in [0.25, 0.3) is 0 Å². The summed E-state index contributed by atoms with van der Waals surface area (Å²) < 4.78 is 24.9. The van der Waals surface area contributed by atoms with Gasteiger partial charge >= 0.3 is 5.69 Å². The van der Waals surface area contributed by atoms with E-state index < -0.39 is 17.7 Å². The molecule has 2 aliphatic heterocycles. The third-order valence-corrected chi connectivity index (χ3v) is 9.24. The molecule has 7 rings (SSSR count). The molecule has 0 aliphatic carbocycles. The molecule has 12 heteroatoms. The summed E-state index contributed by atoms with van der Waals surface area (Å²) in [6, 6.07) is 5.28. The zero-order valence-electron chi connectivity index (χ0n) is 26.6. The molecule has 1 fully saturated rings.